The average Bonchev–Trinajstić information content (AvgIpc) is 2.85. The fraction of sp³-hybridized carbons (Fsp3) is 0.269. The standard InChI is InChI=1S/C26H32N6O3/c1-5-34-22-16-19(11-14-21(22)35-17(2)3)24(31-20-12-9-18(10-13-20)25(27)28)26(33)32(29-4)23-8-6-7-15-30-23/h6-17,24,29,31H,5H2,1-4H3,(H3,27,28). The zero-order chi connectivity index (χ0) is 25.4. The number of aromatic nitrogens is 1. The van der Waals surface area contributed by atoms with Gasteiger partial charge in [-0.25, -0.2) is 15.4 Å². The minimum absolute atomic E-state index is 0.0252. The van der Waals surface area contributed by atoms with E-state index in [4.69, 9.17) is 20.6 Å². The second kappa shape index (κ2) is 11.8. The summed E-state index contributed by atoms with van der Waals surface area (Å²) < 4.78 is 11.7. The highest BCUT2D eigenvalue weighted by molar-refractivity contribution is 5.98. The molecule has 2 aromatic carbocycles. The van der Waals surface area contributed by atoms with Crippen LogP contribution in [0.4, 0.5) is 11.5 Å². The zero-order valence-electron chi connectivity index (χ0n) is 20.4. The van der Waals surface area contributed by atoms with Crippen molar-refractivity contribution in [3.63, 3.8) is 0 Å². The van der Waals surface area contributed by atoms with Crippen molar-refractivity contribution in [2.24, 2.45) is 5.73 Å². The first-order valence-electron chi connectivity index (χ1n) is 11.4. The molecule has 1 atom stereocenters. The molecule has 0 saturated heterocycles. The lowest BCUT2D eigenvalue weighted by Crippen LogP contribution is -2.45. The number of amidine groups is 1. The molecular weight excluding hydrogens is 444 g/mol. The smallest absolute Gasteiger partial charge is 0.269 e. The normalized spacial score (nSPS) is 11.6. The van der Waals surface area contributed by atoms with Gasteiger partial charge in [0.15, 0.2) is 11.5 Å². The van der Waals surface area contributed by atoms with E-state index in [-0.39, 0.29) is 17.8 Å². The Morgan fingerprint density at radius 3 is 2.43 bits per heavy atom. The van der Waals surface area contributed by atoms with E-state index in [0.29, 0.717) is 40.7 Å². The molecule has 35 heavy (non-hydrogen) atoms. The summed E-state index contributed by atoms with van der Waals surface area (Å²) in [6.45, 7) is 6.24. The number of benzene rings is 2. The van der Waals surface area contributed by atoms with Crippen LogP contribution in [0.5, 0.6) is 11.5 Å². The molecule has 3 aromatic rings. The van der Waals surface area contributed by atoms with Crippen LogP contribution in [0.15, 0.2) is 66.9 Å². The summed E-state index contributed by atoms with van der Waals surface area (Å²) in [6, 6.07) is 17.0. The van der Waals surface area contributed by atoms with Crippen molar-refractivity contribution in [3.05, 3.63) is 78.0 Å². The van der Waals surface area contributed by atoms with Crippen LogP contribution in [-0.2, 0) is 4.79 Å². The molecule has 1 aromatic heterocycles. The van der Waals surface area contributed by atoms with Gasteiger partial charge < -0.3 is 20.5 Å². The van der Waals surface area contributed by atoms with E-state index < -0.39 is 6.04 Å². The molecule has 1 heterocycles. The molecule has 9 heteroatoms. The van der Waals surface area contributed by atoms with Gasteiger partial charge in [-0.05, 0) is 74.9 Å². The first-order chi connectivity index (χ1) is 16.8. The molecule has 1 unspecified atom stereocenters. The lowest BCUT2D eigenvalue weighted by molar-refractivity contribution is -0.120. The fourth-order valence-electron chi connectivity index (χ4n) is 3.48. The molecule has 0 aliphatic carbocycles. The summed E-state index contributed by atoms with van der Waals surface area (Å²) in [5, 5.41) is 12.3. The van der Waals surface area contributed by atoms with Crippen LogP contribution in [0, 0.1) is 5.41 Å². The van der Waals surface area contributed by atoms with Crippen LogP contribution in [0.2, 0.25) is 0 Å². The topological polar surface area (TPSA) is 126 Å². The molecule has 5 N–H and O–H groups in total. The van der Waals surface area contributed by atoms with Gasteiger partial charge in [-0.1, -0.05) is 12.1 Å². The number of carbonyl (C=O) groups is 1. The molecule has 0 fully saturated rings. The van der Waals surface area contributed by atoms with Crippen LogP contribution in [0.1, 0.15) is 37.9 Å². The predicted octanol–water partition coefficient (Wildman–Crippen LogP) is 3.87. The Kier molecular flexibility index (Phi) is 8.63. The van der Waals surface area contributed by atoms with Gasteiger partial charge in [-0.15, -0.1) is 0 Å². The van der Waals surface area contributed by atoms with Gasteiger partial charge in [0.1, 0.15) is 17.7 Å². The second-order valence-electron chi connectivity index (χ2n) is 7.96. The maximum absolute atomic E-state index is 13.8. The molecule has 0 bridgehead atoms. The highest BCUT2D eigenvalue weighted by Gasteiger charge is 2.28. The van der Waals surface area contributed by atoms with Crippen molar-refractivity contribution >= 4 is 23.2 Å². The maximum Gasteiger partial charge on any atom is 0.269 e. The number of rotatable bonds is 11. The minimum atomic E-state index is -0.792. The molecule has 0 aliphatic heterocycles. The van der Waals surface area contributed by atoms with Gasteiger partial charge in [0.05, 0.1) is 12.7 Å². The summed E-state index contributed by atoms with van der Waals surface area (Å²) in [7, 11) is 1.66. The Labute approximate surface area is 205 Å². The molecule has 3 rings (SSSR count). The molecule has 9 nitrogen and oxygen atoms in total. The molecule has 0 saturated carbocycles. The lowest BCUT2D eigenvalue weighted by Gasteiger charge is -2.27. The van der Waals surface area contributed by atoms with Crippen LogP contribution in [0.3, 0.4) is 0 Å². The third kappa shape index (κ3) is 6.48. The van der Waals surface area contributed by atoms with Gasteiger partial charge in [-0.3, -0.25) is 10.2 Å². The number of ether oxygens (including phenoxy) is 2. The number of nitrogen functional groups attached to an aromatic ring is 1. The number of hydrogen-bond acceptors (Lipinski definition) is 7. The van der Waals surface area contributed by atoms with Crippen LogP contribution >= 0.6 is 0 Å². The maximum atomic E-state index is 13.8. The largest absolute Gasteiger partial charge is 0.490 e. The van der Waals surface area contributed by atoms with Gasteiger partial charge >= 0.3 is 0 Å². The number of hydrazine groups is 1. The molecule has 0 radical (unpaired) electrons. The minimum Gasteiger partial charge on any atom is -0.490 e. The number of anilines is 2. The van der Waals surface area contributed by atoms with E-state index in [1.807, 2.05) is 45.0 Å². The number of hydrogen-bond donors (Lipinski definition) is 4. The molecule has 0 spiro atoms. The molecule has 1 amide bonds. The van der Waals surface area contributed by atoms with E-state index in [1.165, 1.54) is 5.01 Å². The summed E-state index contributed by atoms with van der Waals surface area (Å²) in [5.41, 5.74) is 10.5. The molecule has 0 aliphatic rings. The van der Waals surface area contributed by atoms with E-state index in [1.54, 1.807) is 49.6 Å². The Hall–Kier alpha value is -4.11. The van der Waals surface area contributed by atoms with Crippen molar-refractivity contribution in [1.29, 1.82) is 5.41 Å². The van der Waals surface area contributed by atoms with Crippen molar-refractivity contribution in [3.8, 4) is 11.5 Å². The van der Waals surface area contributed by atoms with E-state index in [9.17, 15) is 4.79 Å². The third-order valence-corrected chi connectivity index (χ3v) is 5.04. The Balaban J connectivity index is 2.03. The number of amides is 1. The Bertz CT molecular complexity index is 1140. The number of pyridine rings is 1. The first-order valence-corrected chi connectivity index (χ1v) is 11.4. The lowest BCUT2D eigenvalue weighted by atomic mass is 10.0. The summed E-state index contributed by atoms with van der Waals surface area (Å²) >= 11 is 0. The molecule has 184 valence electrons. The quantitative estimate of drug-likeness (QED) is 0.188. The van der Waals surface area contributed by atoms with E-state index in [0.717, 1.165) is 0 Å². The van der Waals surface area contributed by atoms with Crippen LogP contribution in [-0.4, -0.2) is 36.5 Å². The Morgan fingerprint density at radius 1 is 1.11 bits per heavy atom. The Morgan fingerprint density at radius 2 is 1.86 bits per heavy atom. The van der Waals surface area contributed by atoms with Gasteiger partial charge in [0.2, 0.25) is 0 Å². The fourth-order valence-corrected chi connectivity index (χ4v) is 3.48. The molecular formula is C26H32N6O3. The average molecular weight is 477 g/mol. The summed E-state index contributed by atoms with van der Waals surface area (Å²) in [5.74, 6) is 1.32. The number of nitrogens with two attached hydrogens (primary N) is 1. The van der Waals surface area contributed by atoms with Gasteiger partial charge in [0, 0.05) is 24.5 Å². The van der Waals surface area contributed by atoms with Crippen LogP contribution in [0.25, 0.3) is 0 Å². The number of carbonyl (C=O) groups excluding carboxylic acids is 1. The highest BCUT2D eigenvalue weighted by atomic mass is 16.5. The van der Waals surface area contributed by atoms with Crippen molar-refractivity contribution in [2.45, 2.75) is 32.9 Å². The number of nitrogens with zero attached hydrogens (tertiary/aromatic N) is 2. The van der Waals surface area contributed by atoms with Gasteiger partial charge in [-0.2, -0.15) is 0 Å². The van der Waals surface area contributed by atoms with E-state index >= 15 is 0 Å². The highest BCUT2D eigenvalue weighted by Crippen LogP contribution is 2.33. The predicted molar refractivity (Wildman–Crippen MR) is 138 cm³/mol. The second-order valence-corrected chi connectivity index (χ2v) is 7.96. The number of nitrogens with one attached hydrogen (secondary N) is 3. The summed E-state index contributed by atoms with van der Waals surface area (Å²) in [4.78, 5) is 18.1. The SMILES string of the molecule is CCOc1cc(C(Nc2ccc(C(=N)N)cc2)C(=O)N(NC)c2ccccn2)ccc1OC(C)C. The monoisotopic (exact) mass is 476 g/mol. The van der Waals surface area contributed by atoms with Crippen molar-refractivity contribution < 1.29 is 14.3 Å². The third-order valence-electron chi connectivity index (χ3n) is 5.04. The first kappa shape index (κ1) is 25.5. The van der Waals surface area contributed by atoms with Crippen molar-refractivity contribution in [1.82, 2.24) is 10.4 Å². The van der Waals surface area contributed by atoms with E-state index in [2.05, 4.69) is 15.7 Å². The summed E-state index contributed by atoms with van der Waals surface area (Å²) in [6.07, 6.45) is 1.60. The van der Waals surface area contributed by atoms with Crippen LogP contribution < -0.4 is 31.0 Å². The van der Waals surface area contributed by atoms with Crippen molar-refractivity contribution in [2.75, 3.05) is 24.0 Å². The van der Waals surface area contributed by atoms with Gasteiger partial charge in [0.25, 0.3) is 5.91 Å². The zero-order valence-corrected chi connectivity index (χ0v) is 20.4.